The van der Waals surface area contributed by atoms with Gasteiger partial charge in [0.2, 0.25) is 0 Å². The smallest absolute Gasteiger partial charge is 0.199 e. The van der Waals surface area contributed by atoms with E-state index in [1.54, 1.807) is 0 Å². The predicted molar refractivity (Wildman–Crippen MR) is 108 cm³/mol. The fourth-order valence-corrected chi connectivity index (χ4v) is 3.47. The molecule has 0 radical (unpaired) electrons. The number of rotatable bonds is 5. The fourth-order valence-electron chi connectivity index (χ4n) is 2.36. The maximum Gasteiger partial charge on any atom is 0.199 e. The van der Waals surface area contributed by atoms with Crippen molar-refractivity contribution in [3.05, 3.63) is 24.3 Å². The molecular weight excluding hydrogens is 347 g/mol. The minimum Gasteiger partial charge on any atom is -0.489 e. The summed E-state index contributed by atoms with van der Waals surface area (Å²) in [6.07, 6.45) is 1.36. The van der Waals surface area contributed by atoms with Gasteiger partial charge >= 0.3 is 0 Å². The van der Waals surface area contributed by atoms with Crippen molar-refractivity contribution in [2.75, 3.05) is 30.4 Å². The van der Waals surface area contributed by atoms with Crippen molar-refractivity contribution in [1.82, 2.24) is 4.90 Å². The number of amidine groups is 1. The second-order valence-corrected chi connectivity index (χ2v) is 7.56. The molecule has 1 aromatic rings. The van der Waals surface area contributed by atoms with E-state index in [2.05, 4.69) is 31.4 Å². The van der Waals surface area contributed by atoms with E-state index in [0.29, 0.717) is 10.3 Å². The highest BCUT2D eigenvalue weighted by atomic mass is 32.2. The van der Waals surface area contributed by atoms with Crippen molar-refractivity contribution in [1.29, 1.82) is 0 Å². The Morgan fingerprint density at radius 2 is 2.26 bits per heavy atom. The van der Waals surface area contributed by atoms with Gasteiger partial charge in [-0.3, -0.25) is 4.90 Å². The molecule has 1 aliphatic rings. The number of thiocarbonyl (C=S) groups is 1. The van der Waals surface area contributed by atoms with Crippen LogP contribution in [0.25, 0.3) is 0 Å². The van der Waals surface area contributed by atoms with E-state index in [-0.39, 0.29) is 6.10 Å². The fraction of sp³-hybridized carbons (Fsp3) is 0.467. The first-order chi connectivity index (χ1) is 11.1. The number of anilines is 1. The number of hydrogen-bond acceptors (Lipinski definition) is 4. The highest BCUT2D eigenvalue weighted by Gasteiger charge is 2.22. The van der Waals surface area contributed by atoms with Gasteiger partial charge in [0, 0.05) is 24.3 Å². The molecule has 0 amide bonds. The number of nitrogens with zero attached hydrogens (tertiary/aromatic N) is 2. The van der Waals surface area contributed by atoms with Crippen LogP contribution >= 0.6 is 33.2 Å². The molecule has 1 saturated heterocycles. The number of ether oxygens (including phenoxy) is 1. The van der Waals surface area contributed by atoms with E-state index in [4.69, 9.17) is 22.7 Å². The minimum atomic E-state index is 0.281. The Balaban J connectivity index is 1.85. The molecule has 5 nitrogen and oxygen atoms in total. The summed E-state index contributed by atoms with van der Waals surface area (Å²) < 4.78 is 6.01. The van der Waals surface area contributed by atoms with Gasteiger partial charge < -0.3 is 15.8 Å². The predicted octanol–water partition coefficient (Wildman–Crippen LogP) is 2.74. The van der Waals surface area contributed by atoms with Crippen molar-refractivity contribution in [3.63, 3.8) is 0 Å². The Bertz CT molecular complexity index is 553. The summed E-state index contributed by atoms with van der Waals surface area (Å²) in [6, 6.07) is 7.76. The zero-order chi connectivity index (χ0) is 16.7. The molecule has 2 atom stereocenters. The van der Waals surface area contributed by atoms with E-state index >= 15 is 0 Å². The van der Waals surface area contributed by atoms with Crippen LogP contribution in [-0.4, -0.2) is 46.4 Å². The molecule has 3 N–H and O–H groups in total. The van der Waals surface area contributed by atoms with Crippen molar-refractivity contribution >= 4 is 49.2 Å². The molecule has 1 heterocycles. The highest BCUT2D eigenvalue weighted by molar-refractivity contribution is 8.16. The molecule has 0 bridgehead atoms. The van der Waals surface area contributed by atoms with E-state index < -0.39 is 0 Å². The third-order valence-electron chi connectivity index (χ3n) is 3.53. The topological polar surface area (TPSA) is 62.9 Å². The van der Waals surface area contributed by atoms with Crippen LogP contribution in [0.5, 0.6) is 5.75 Å². The van der Waals surface area contributed by atoms with Crippen LogP contribution in [-0.2, 0) is 0 Å². The summed E-state index contributed by atoms with van der Waals surface area (Å²) in [4.78, 5) is 6.51. The zero-order valence-corrected chi connectivity index (χ0v) is 16.0. The van der Waals surface area contributed by atoms with Crippen LogP contribution in [0.3, 0.4) is 0 Å². The quantitative estimate of drug-likeness (QED) is 0.360. The Labute approximate surface area is 149 Å². The summed E-state index contributed by atoms with van der Waals surface area (Å²) >= 11 is 6.60. The van der Waals surface area contributed by atoms with Gasteiger partial charge in [-0.1, -0.05) is 18.7 Å². The van der Waals surface area contributed by atoms with E-state index in [1.165, 1.54) is 11.8 Å². The molecule has 1 aromatic carbocycles. The number of likely N-dealkylation sites (tertiary alicyclic amines) is 1. The average molecular weight is 370 g/mol. The molecule has 8 heteroatoms. The SMILES string of the molecule is CCN1CCC(Oc2ccc(NC(=S)N=C(N)SCP)cc2)C1. The van der Waals surface area contributed by atoms with Crippen LogP contribution in [0.15, 0.2) is 29.3 Å². The van der Waals surface area contributed by atoms with E-state index in [0.717, 1.165) is 43.0 Å². The highest BCUT2D eigenvalue weighted by Crippen LogP contribution is 2.20. The van der Waals surface area contributed by atoms with Crippen LogP contribution in [0, 0.1) is 0 Å². The molecule has 0 aliphatic carbocycles. The van der Waals surface area contributed by atoms with Gasteiger partial charge in [-0.05, 0) is 49.4 Å². The lowest BCUT2D eigenvalue weighted by atomic mass is 10.3. The second kappa shape index (κ2) is 9.42. The Hall–Kier alpha value is -0.880. The third-order valence-corrected chi connectivity index (χ3v) is 4.77. The molecule has 23 heavy (non-hydrogen) atoms. The minimum absolute atomic E-state index is 0.281. The van der Waals surface area contributed by atoms with E-state index in [1.807, 2.05) is 24.3 Å². The third kappa shape index (κ3) is 6.26. The average Bonchev–Trinajstić information content (AvgIpc) is 2.97. The van der Waals surface area contributed by atoms with Gasteiger partial charge in [0.15, 0.2) is 10.3 Å². The molecule has 0 spiro atoms. The van der Waals surface area contributed by atoms with Gasteiger partial charge in [0.1, 0.15) is 11.9 Å². The Morgan fingerprint density at radius 3 is 2.87 bits per heavy atom. The van der Waals surface area contributed by atoms with Gasteiger partial charge in [-0.25, -0.2) is 0 Å². The van der Waals surface area contributed by atoms with Gasteiger partial charge in [0.25, 0.3) is 0 Å². The summed E-state index contributed by atoms with van der Waals surface area (Å²) in [7, 11) is 2.58. The molecule has 126 valence electrons. The molecule has 2 rings (SSSR count). The number of nitrogens with two attached hydrogens (primary N) is 1. The van der Waals surface area contributed by atoms with Gasteiger partial charge in [0.05, 0.1) is 0 Å². The normalized spacial score (nSPS) is 18.9. The standard InChI is InChI=1S/C15H23N4OPS2/c1-2-19-8-7-13(9-19)20-12-5-3-11(4-6-12)17-15(22)18-14(16)23-10-21/h3-6,13H,2,7-10,21H2,1H3,(H3,16,17,18,22). The van der Waals surface area contributed by atoms with Crippen molar-refractivity contribution in [3.8, 4) is 5.75 Å². The first-order valence-electron chi connectivity index (χ1n) is 7.57. The van der Waals surface area contributed by atoms with Gasteiger partial charge in [-0.15, -0.1) is 9.24 Å². The molecule has 2 unspecified atom stereocenters. The molecule has 0 aromatic heterocycles. The maximum atomic E-state index is 6.01. The largest absolute Gasteiger partial charge is 0.489 e. The number of thioether (sulfide) groups is 1. The summed E-state index contributed by atoms with van der Waals surface area (Å²) in [5, 5.41) is 3.86. The van der Waals surface area contributed by atoms with Crippen LogP contribution in [0.4, 0.5) is 5.69 Å². The molecule has 1 aliphatic heterocycles. The molecular formula is C15H23N4OPS2. The van der Waals surface area contributed by atoms with E-state index in [9.17, 15) is 0 Å². The lowest BCUT2D eigenvalue weighted by molar-refractivity contribution is 0.202. The number of likely N-dealkylation sites (N-methyl/N-ethyl adjacent to an activating group) is 1. The summed E-state index contributed by atoms with van der Waals surface area (Å²) in [5.74, 6) is 0.881. The summed E-state index contributed by atoms with van der Waals surface area (Å²) in [6.45, 7) is 5.38. The van der Waals surface area contributed by atoms with Gasteiger partial charge in [-0.2, -0.15) is 4.99 Å². The lowest BCUT2D eigenvalue weighted by Gasteiger charge is -2.15. The molecule has 0 saturated carbocycles. The number of hydrogen-bond donors (Lipinski definition) is 2. The Morgan fingerprint density at radius 1 is 1.52 bits per heavy atom. The number of benzene rings is 1. The number of aliphatic imine (C=N–C) groups is 1. The molecule has 1 fully saturated rings. The number of nitrogens with one attached hydrogen (secondary N) is 1. The van der Waals surface area contributed by atoms with Crippen LogP contribution in [0.2, 0.25) is 0 Å². The maximum absolute atomic E-state index is 6.01. The first kappa shape index (κ1) is 18.5. The van der Waals surface area contributed by atoms with Crippen LogP contribution < -0.4 is 15.8 Å². The zero-order valence-electron chi connectivity index (χ0n) is 13.2. The monoisotopic (exact) mass is 370 g/mol. The Kier molecular flexibility index (Phi) is 7.56. The van der Waals surface area contributed by atoms with Crippen molar-refractivity contribution in [2.45, 2.75) is 19.4 Å². The first-order valence-corrected chi connectivity index (χ1v) is 9.78. The summed E-state index contributed by atoms with van der Waals surface area (Å²) in [5.41, 5.74) is 7.39. The van der Waals surface area contributed by atoms with Crippen molar-refractivity contribution in [2.24, 2.45) is 10.7 Å². The van der Waals surface area contributed by atoms with Crippen LogP contribution in [0.1, 0.15) is 13.3 Å². The second-order valence-electron chi connectivity index (χ2n) is 5.14. The van der Waals surface area contributed by atoms with Crippen molar-refractivity contribution < 1.29 is 4.74 Å². The lowest BCUT2D eigenvalue weighted by Crippen LogP contribution is -2.24.